The summed E-state index contributed by atoms with van der Waals surface area (Å²) in [6, 6.07) is 11.5. The fraction of sp³-hybridized carbons (Fsp3) is 0.381. The van der Waals surface area contributed by atoms with Gasteiger partial charge in [0.15, 0.2) is 5.65 Å². The standard InChI is InChI=1S/C21H25N5O2/c1-14-10-20-23-18(11-19(22)26(20)24-14)17-4-3-9-25(13-17)12-15-5-7-16(8-6-15)21(27)28-2/h5-8,10-11,17H,3-4,9,12-13,22H2,1-2H3. The topological polar surface area (TPSA) is 85.8 Å². The number of rotatable bonds is 4. The Morgan fingerprint density at radius 2 is 2.07 bits per heavy atom. The van der Waals surface area contributed by atoms with E-state index in [1.165, 1.54) is 12.7 Å². The summed E-state index contributed by atoms with van der Waals surface area (Å²) in [5.74, 6) is 0.674. The van der Waals surface area contributed by atoms with Gasteiger partial charge in [-0.1, -0.05) is 12.1 Å². The molecule has 0 spiro atoms. The molecule has 1 atom stereocenters. The number of nitrogens with two attached hydrogens (primary N) is 1. The number of aryl methyl sites for hydroxylation is 1. The van der Waals surface area contributed by atoms with Gasteiger partial charge in [-0.3, -0.25) is 4.90 Å². The molecule has 4 rings (SSSR count). The minimum absolute atomic E-state index is 0.307. The molecule has 0 bridgehead atoms. The Hall–Kier alpha value is -2.93. The molecule has 3 aromatic rings. The summed E-state index contributed by atoms with van der Waals surface area (Å²) >= 11 is 0. The number of ether oxygens (including phenoxy) is 1. The van der Waals surface area contributed by atoms with Crippen LogP contribution >= 0.6 is 0 Å². The Labute approximate surface area is 164 Å². The van der Waals surface area contributed by atoms with E-state index in [0.29, 0.717) is 17.3 Å². The predicted molar refractivity (Wildman–Crippen MR) is 107 cm³/mol. The van der Waals surface area contributed by atoms with Gasteiger partial charge in [-0.15, -0.1) is 0 Å². The van der Waals surface area contributed by atoms with Gasteiger partial charge in [0.25, 0.3) is 0 Å². The van der Waals surface area contributed by atoms with Crippen LogP contribution in [0.5, 0.6) is 0 Å². The van der Waals surface area contributed by atoms with Gasteiger partial charge in [-0.2, -0.15) is 9.61 Å². The minimum atomic E-state index is -0.307. The molecule has 1 fully saturated rings. The van der Waals surface area contributed by atoms with Crippen LogP contribution in [0.3, 0.4) is 0 Å². The molecule has 1 aliphatic rings. The third kappa shape index (κ3) is 3.71. The molecule has 1 aromatic carbocycles. The molecule has 0 aliphatic carbocycles. The smallest absolute Gasteiger partial charge is 0.337 e. The van der Waals surface area contributed by atoms with E-state index < -0.39 is 0 Å². The van der Waals surface area contributed by atoms with E-state index >= 15 is 0 Å². The lowest BCUT2D eigenvalue weighted by atomic mass is 9.94. The summed E-state index contributed by atoms with van der Waals surface area (Å²) in [7, 11) is 1.40. The second-order valence-electron chi connectivity index (χ2n) is 7.42. The molecule has 2 N–H and O–H groups in total. The molecule has 28 heavy (non-hydrogen) atoms. The number of likely N-dealkylation sites (tertiary alicyclic amines) is 1. The van der Waals surface area contributed by atoms with Crippen molar-refractivity contribution in [3.8, 4) is 0 Å². The van der Waals surface area contributed by atoms with Crippen molar-refractivity contribution in [2.45, 2.75) is 32.2 Å². The number of hydrogen-bond donors (Lipinski definition) is 1. The molecule has 7 heteroatoms. The van der Waals surface area contributed by atoms with Crippen LogP contribution in [0, 0.1) is 6.92 Å². The molecular formula is C21H25N5O2. The fourth-order valence-corrected chi connectivity index (χ4v) is 3.90. The molecule has 1 saturated heterocycles. The number of anilines is 1. The highest BCUT2D eigenvalue weighted by atomic mass is 16.5. The fourth-order valence-electron chi connectivity index (χ4n) is 3.90. The molecule has 1 aliphatic heterocycles. The van der Waals surface area contributed by atoms with Gasteiger partial charge in [0.05, 0.1) is 24.1 Å². The lowest BCUT2D eigenvalue weighted by Gasteiger charge is -2.32. The normalized spacial score (nSPS) is 17.7. The lowest BCUT2D eigenvalue weighted by molar-refractivity contribution is 0.0600. The number of carbonyl (C=O) groups excluding carboxylic acids is 1. The zero-order chi connectivity index (χ0) is 19.7. The number of fused-ring (bicyclic) bond motifs is 1. The van der Waals surface area contributed by atoms with Crippen molar-refractivity contribution < 1.29 is 9.53 Å². The van der Waals surface area contributed by atoms with E-state index in [4.69, 9.17) is 15.5 Å². The number of nitrogens with zero attached hydrogens (tertiary/aromatic N) is 4. The van der Waals surface area contributed by atoms with Crippen LogP contribution in [-0.4, -0.2) is 45.7 Å². The van der Waals surface area contributed by atoms with Crippen LogP contribution in [0.2, 0.25) is 0 Å². The van der Waals surface area contributed by atoms with Crippen LogP contribution in [0.1, 0.15) is 46.1 Å². The Morgan fingerprint density at radius 1 is 1.29 bits per heavy atom. The molecule has 2 aromatic heterocycles. The average molecular weight is 379 g/mol. The van der Waals surface area contributed by atoms with Crippen molar-refractivity contribution in [3.63, 3.8) is 0 Å². The third-order valence-corrected chi connectivity index (χ3v) is 5.30. The number of carbonyl (C=O) groups is 1. The minimum Gasteiger partial charge on any atom is -0.465 e. The van der Waals surface area contributed by atoms with E-state index in [9.17, 15) is 4.79 Å². The Kier molecular flexibility index (Phi) is 5.00. The van der Waals surface area contributed by atoms with Crippen LogP contribution in [0.25, 0.3) is 5.65 Å². The molecular weight excluding hydrogens is 354 g/mol. The SMILES string of the molecule is COC(=O)c1ccc(CN2CCCC(c3cc(N)n4nc(C)cc4n3)C2)cc1. The number of esters is 1. The average Bonchev–Trinajstić information content (AvgIpc) is 3.09. The highest BCUT2D eigenvalue weighted by molar-refractivity contribution is 5.89. The highest BCUT2D eigenvalue weighted by Gasteiger charge is 2.23. The van der Waals surface area contributed by atoms with Gasteiger partial charge in [0.2, 0.25) is 0 Å². The van der Waals surface area contributed by atoms with E-state index in [1.54, 1.807) is 4.52 Å². The second-order valence-corrected chi connectivity index (χ2v) is 7.42. The number of methoxy groups -OCH3 is 1. The first-order valence-corrected chi connectivity index (χ1v) is 9.56. The summed E-state index contributed by atoms with van der Waals surface area (Å²) in [6.07, 6.45) is 2.23. The van der Waals surface area contributed by atoms with Crippen molar-refractivity contribution in [2.75, 3.05) is 25.9 Å². The number of aromatic nitrogens is 3. The van der Waals surface area contributed by atoms with Crippen LogP contribution in [-0.2, 0) is 11.3 Å². The quantitative estimate of drug-likeness (QED) is 0.702. The molecule has 0 saturated carbocycles. The molecule has 1 unspecified atom stereocenters. The van der Waals surface area contributed by atoms with Gasteiger partial charge in [-0.05, 0) is 44.0 Å². The first-order chi connectivity index (χ1) is 13.5. The Bertz CT molecular complexity index is 996. The van der Waals surface area contributed by atoms with Crippen LogP contribution < -0.4 is 5.73 Å². The van der Waals surface area contributed by atoms with Crippen molar-refractivity contribution in [3.05, 3.63) is 58.9 Å². The highest BCUT2D eigenvalue weighted by Crippen LogP contribution is 2.28. The number of hydrogen-bond acceptors (Lipinski definition) is 6. The van der Waals surface area contributed by atoms with Gasteiger partial charge in [0.1, 0.15) is 5.82 Å². The Balaban J connectivity index is 1.48. The van der Waals surface area contributed by atoms with E-state index in [1.807, 2.05) is 43.3 Å². The number of piperidine rings is 1. The van der Waals surface area contributed by atoms with E-state index in [2.05, 4.69) is 10.00 Å². The summed E-state index contributed by atoms with van der Waals surface area (Å²) in [6.45, 7) is 4.79. The van der Waals surface area contributed by atoms with Crippen molar-refractivity contribution in [1.82, 2.24) is 19.5 Å². The van der Waals surface area contributed by atoms with Crippen molar-refractivity contribution in [1.29, 1.82) is 0 Å². The summed E-state index contributed by atoms with van der Waals surface area (Å²) < 4.78 is 6.45. The Morgan fingerprint density at radius 3 is 2.82 bits per heavy atom. The number of nitrogen functional groups attached to an aromatic ring is 1. The third-order valence-electron chi connectivity index (χ3n) is 5.30. The van der Waals surface area contributed by atoms with Crippen LogP contribution in [0.15, 0.2) is 36.4 Å². The predicted octanol–water partition coefficient (Wildman–Crippen LogP) is 2.79. The van der Waals surface area contributed by atoms with Crippen molar-refractivity contribution in [2.24, 2.45) is 0 Å². The first-order valence-electron chi connectivity index (χ1n) is 9.56. The number of benzene rings is 1. The molecule has 0 amide bonds. The summed E-state index contributed by atoms with van der Waals surface area (Å²) in [4.78, 5) is 18.8. The van der Waals surface area contributed by atoms with Gasteiger partial charge in [0, 0.05) is 31.1 Å². The van der Waals surface area contributed by atoms with Gasteiger partial charge < -0.3 is 10.5 Å². The maximum absolute atomic E-state index is 11.6. The van der Waals surface area contributed by atoms with Gasteiger partial charge in [-0.25, -0.2) is 9.78 Å². The maximum atomic E-state index is 11.6. The maximum Gasteiger partial charge on any atom is 0.337 e. The van der Waals surface area contributed by atoms with E-state index in [0.717, 1.165) is 49.5 Å². The molecule has 7 nitrogen and oxygen atoms in total. The zero-order valence-corrected chi connectivity index (χ0v) is 16.3. The van der Waals surface area contributed by atoms with Crippen molar-refractivity contribution >= 4 is 17.4 Å². The van der Waals surface area contributed by atoms with Crippen LogP contribution in [0.4, 0.5) is 5.82 Å². The summed E-state index contributed by atoms with van der Waals surface area (Å²) in [5, 5.41) is 4.38. The first kappa shape index (κ1) is 18.4. The van der Waals surface area contributed by atoms with Gasteiger partial charge >= 0.3 is 5.97 Å². The second kappa shape index (κ2) is 7.59. The monoisotopic (exact) mass is 379 g/mol. The lowest BCUT2D eigenvalue weighted by Crippen LogP contribution is -2.34. The summed E-state index contributed by atoms with van der Waals surface area (Å²) in [5.41, 5.74) is 10.7. The molecule has 0 radical (unpaired) electrons. The molecule has 3 heterocycles. The zero-order valence-electron chi connectivity index (χ0n) is 16.3. The molecule has 146 valence electrons. The van der Waals surface area contributed by atoms with E-state index in [-0.39, 0.29) is 5.97 Å². The largest absolute Gasteiger partial charge is 0.465 e.